The van der Waals surface area contributed by atoms with E-state index in [4.69, 9.17) is 28.4 Å². The van der Waals surface area contributed by atoms with Crippen LogP contribution in [0.1, 0.15) is 52.7 Å². The Morgan fingerprint density at radius 3 is 1.29 bits per heavy atom. The third-order valence-corrected chi connectivity index (χ3v) is 6.78. The largest absolute Gasteiger partial charge is 0.491 e. The van der Waals surface area contributed by atoms with Crippen molar-refractivity contribution >= 4 is 11.9 Å². The fourth-order valence-corrected chi connectivity index (χ4v) is 3.86. The number of aliphatic hydroxyl groups excluding tert-OH is 2. The minimum atomic E-state index is -0.937. The second kappa shape index (κ2) is 18.3. The summed E-state index contributed by atoms with van der Waals surface area (Å²) in [6.07, 6.45) is -2.44. The molecule has 2 N–H and O–H groups in total. The molecule has 0 aliphatic heterocycles. The maximum Gasteiger partial charge on any atom is 0.333 e. The van der Waals surface area contributed by atoms with Gasteiger partial charge in [-0.15, -0.1) is 0 Å². The Bertz CT molecular complexity index is 1140. The Balaban J connectivity index is 1.77. The van der Waals surface area contributed by atoms with Gasteiger partial charge in [-0.2, -0.15) is 0 Å². The normalized spacial score (nSPS) is 14.0. The van der Waals surface area contributed by atoms with Crippen molar-refractivity contribution in [2.75, 3.05) is 39.6 Å². The van der Waals surface area contributed by atoms with E-state index in [0.717, 1.165) is 11.1 Å². The van der Waals surface area contributed by atoms with Gasteiger partial charge in [0.15, 0.2) is 0 Å². The third-order valence-electron chi connectivity index (χ3n) is 6.78. The smallest absolute Gasteiger partial charge is 0.333 e. The van der Waals surface area contributed by atoms with E-state index in [2.05, 4.69) is 27.0 Å². The number of ether oxygens (including phenoxy) is 6. The SMILES string of the molecule is C=C(C)C(=O)OCC(O)COC(C)COc1ccc(C(C)(C)c2ccc(OCC(C)OCC(O)COC(=O)C(=C)C)cc2)cc1. The van der Waals surface area contributed by atoms with Gasteiger partial charge in [0, 0.05) is 16.6 Å². The van der Waals surface area contributed by atoms with Gasteiger partial charge in [-0.25, -0.2) is 9.59 Å². The predicted octanol–water partition coefficient (Wildman–Crippen LogP) is 4.54. The van der Waals surface area contributed by atoms with Crippen LogP contribution in [0.5, 0.6) is 11.5 Å². The summed E-state index contributed by atoms with van der Waals surface area (Å²) in [6, 6.07) is 15.8. The lowest BCUT2D eigenvalue weighted by Crippen LogP contribution is -2.28. The Morgan fingerprint density at radius 2 is 0.978 bits per heavy atom. The summed E-state index contributed by atoms with van der Waals surface area (Å²) < 4.78 is 32.8. The van der Waals surface area contributed by atoms with Crippen LogP contribution < -0.4 is 9.47 Å². The molecule has 0 aromatic heterocycles. The molecular formula is C35H48O10. The van der Waals surface area contributed by atoms with E-state index in [-0.39, 0.29) is 68.4 Å². The molecule has 0 aliphatic carbocycles. The Kier molecular flexibility index (Phi) is 15.3. The summed E-state index contributed by atoms with van der Waals surface area (Å²) in [5.74, 6) is 0.295. The predicted molar refractivity (Wildman–Crippen MR) is 170 cm³/mol. The molecule has 0 bridgehead atoms. The highest BCUT2D eigenvalue weighted by Gasteiger charge is 2.23. The number of carbonyl (C=O) groups excluding carboxylic acids is 2. The average molecular weight is 629 g/mol. The Morgan fingerprint density at radius 1 is 0.644 bits per heavy atom. The zero-order valence-electron chi connectivity index (χ0n) is 27.2. The zero-order chi connectivity index (χ0) is 33.6. The Labute approximate surface area is 266 Å². The molecule has 0 saturated heterocycles. The molecule has 45 heavy (non-hydrogen) atoms. The van der Waals surface area contributed by atoms with Gasteiger partial charge in [-0.1, -0.05) is 51.3 Å². The average Bonchev–Trinajstić information content (AvgIpc) is 3.02. The molecule has 4 unspecified atom stereocenters. The molecule has 0 amide bonds. The van der Waals surface area contributed by atoms with Gasteiger partial charge in [0.2, 0.25) is 0 Å². The number of hydrogen-bond acceptors (Lipinski definition) is 10. The van der Waals surface area contributed by atoms with E-state index < -0.39 is 24.1 Å². The van der Waals surface area contributed by atoms with Crippen LogP contribution in [0.3, 0.4) is 0 Å². The van der Waals surface area contributed by atoms with Crippen molar-refractivity contribution < 1.29 is 48.2 Å². The molecule has 0 spiro atoms. The van der Waals surface area contributed by atoms with E-state index >= 15 is 0 Å². The summed E-state index contributed by atoms with van der Waals surface area (Å²) in [5, 5.41) is 19.9. The molecule has 2 aromatic rings. The van der Waals surface area contributed by atoms with Gasteiger partial charge < -0.3 is 38.6 Å². The molecule has 0 fully saturated rings. The molecule has 0 radical (unpaired) electrons. The number of rotatable bonds is 20. The van der Waals surface area contributed by atoms with Gasteiger partial charge in [0.1, 0.15) is 50.1 Å². The Hall–Kier alpha value is -3.70. The zero-order valence-corrected chi connectivity index (χ0v) is 27.2. The lowest BCUT2D eigenvalue weighted by atomic mass is 9.78. The highest BCUT2D eigenvalue weighted by Crippen LogP contribution is 2.33. The first-order valence-corrected chi connectivity index (χ1v) is 14.9. The van der Waals surface area contributed by atoms with Crippen molar-refractivity contribution in [2.24, 2.45) is 0 Å². The molecule has 10 nitrogen and oxygen atoms in total. The minimum Gasteiger partial charge on any atom is -0.491 e. The van der Waals surface area contributed by atoms with Gasteiger partial charge in [0.25, 0.3) is 0 Å². The molecule has 248 valence electrons. The highest BCUT2D eigenvalue weighted by molar-refractivity contribution is 5.87. The van der Waals surface area contributed by atoms with Crippen LogP contribution in [0.2, 0.25) is 0 Å². The first-order chi connectivity index (χ1) is 21.2. The van der Waals surface area contributed by atoms with Gasteiger partial charge in [0.05, 0.1) is 25.4 Å². The first-order valence-electron chi connectivity index (χ1n) is 14.9. The van der Waals surface area contributed by atoms with E-state index in [1.54, 1.807) is 13.8 Å². The van der Waals surface area contributed by atoms with Crippen LogP contribution in [0.15, 0.2) is 72.8 Å². The van der Waals surface area contributed by atoms with Gasteiger partial charge in [-0.3, -0.25) is 0 Å². The number of carbonyl (C=O) groups is 2. The maximum absolute atomic E-state index is 11.4. The number of hydrogen-bond donors (Lipinski definition) is 2. The number of esters is 2. The van der Waals surface area contributed by atoms with Crippen molar-refractivity contribution in [3.8, 4) is 11.5 Å². The fourth-order valence-electron chi connectivity index (χ4n) is 3.86. The summed E-state index contributed by atoms with van der Waals surface area (Å²) in [7, 11) is 0. The van der Waals surface area contributed by atoms with Crippen molar-refractivity contribution in [2.45, 2.75) is 71.4 Å². The molecule has 0 aliphatic rings. The van der Waals surface area contributed by atoms with Gasteiger partial charge in [-0.05, 0) is 63.1 Å². The van der Waals surface area contributed by atoms with Crippen LogP contribution in [0, 0.1) is 0 Å². The fraction of sp³-hybridized carbons (Fsp3) is 0.486. The van der Waals surface area contributed by atoms with Crippen molar-refractivity contribution in [1.29, 1.82) is 0 Å². The summed E-state index contributed by atoms with van der Waals surface area (Å²) >= 11 is 0. The second-order valence-electron chi connectivity index (χ2n) is 11.6. The standard InChI is InChI=1S/C35H48O10/c1-23(2)33(38)44-21-29(36)19-40-25(5)17-42-31-13-9-27(10-14-31)35(7,8)28-11-15-32(16-12-28)43-18-26(6)41-20-30(37)22-45-34(39)24(3)4/h9-16,25-26,29-30,36-37H,1,3,17-22H2,2,4-8H3. The minimum absolute atomic E-state index is 0.0122. The highest BCUT2D eigenvalue weighted by atomic mass is 16.6. The summed E-state index contributed by atoms with van der Waals surface area (Å²) in [4.78, 5) is 22.8. The molecule has 2 aromatic carbocycles. The van der Waals surface area contributed by atoms with E-state index in [1.807, 2.05) is 62.4 Å². The topological polar surface area (TPSA) is 130 Å². The monoisotopic (exact) mass is 628 g/mol. The van der Waals surface area contributed by atoms with Crippen LogP contribution in [-0.4, -0.2) is 86.2 Å². The number of benzene rings is 2. The molecule has 0 saturated carbocycles. The van der Waals surface area contributed by atoms with E-state index in [0.29, 0.717) is 11.5 Å². The van der Waals surface area contributed by atoms with Crippen LogP contribution >= 0.6 is 0 Å². The van der Waals surface area contributed by atoms with Crippen molar-refractivity contribution in [1.82, 2.24) is 0 Å². The lowest BCUT2D eigenvalue weighted by molar-refractivity contribution is -0.144. The van der Waals surface area contributed by atoms with Crippen molar-refractivity contribution in [3.05, 3.63) is 84.0 Å². The van der Waals surface area contributed by atoms with E-state index in [9.17, 15) is 19.8 Å². The molecule has 4 atom stereocenters. The quantitative estimate of drug-likeness (QED) is 0.159. The van der Waals surface area contributed by atoms with E-state index in [1.165, 1.54) is 0 Å². The molecular weight excluding hydrogens is 580 g/mol. The van der Waals surface area contributed by atoms with Crippen LogP contribution in [0.4, 0.5) is 0 Å². The lowest BCUT2D eigenvalue weighted by Gasteiger charge is -2.27. The van der Waals surface area contributed by atoms with Gasteiger partial charge >= 0.3 is 11.9 Å². The third kappa shape index (κ3) is 13.4. The second-order valence-corrected chi connectivity index (χ2v) is 11.6. The molecule has 0 heterocycles. The first kappa shape index (κ1) is 37.5. The van der Waals surface area contributed by atoms with Crippen LogP contribution in [0.25, 0.3) is 0 Å². The molecule has 10 heteroatoms. The van der Waals surface area contributed by atoms with Crippen LogP contribution in [-0.2, 0) is 34.0 Å². The summed E-state index contributed by atoms with van der Waals surface area (Å²) in [5.41, 5.74) is 2.48. The molecule has 2 rings (SSSR count). The maximum atomic E-state index is 11.4. The number of aliphatic hydroxyl groups is 2. The summed E-state index contributed by atoms with van der Waals surface area (Å²) in [6.45, 7) is 18.3. The van der Waals surface area contributed by atoms with Crippen molar-refractivity contribution in [3.63, 3.8) is 0 Å².